The molecule has 0 aliphatic carbocycles. The Labute approximate surface area is 147 Å². The number of aliphatic hydroxyl groups is 1. The first-order valence-corrected chi connectivity index (χ1v) is 8.68. The van der Waals surface area contributed by atoms with Crippen LogP contribution in [0.15, 0.2) is 24.3 Å². The van der Waals surface area contributed by atoms with E-state index < -0.39 is 6.10 Å². The summed E-state index contributed by atoms with van der Waals surface area (Å²) in [5.41, 5.74) is 0.522. The second kappa shape index (κ2) is 7.80. The molecule has 1 aromatic carbocycles. The molecule has 0 spiro atoms. The Morgan fingerprint density at radius 1 is 1.29 bits per heavy atom. The summed E-state index contributed by atoms with van der Waals surface area (Å²) in [6.45, 7) is 5.04. The van der Waals surface area contributed by atoms with Crippen LogP contribution in [0, 0.1) is 0 Å². The van der Waals surface area contributed by atoms with Crippen molar-refractivity contribution in [1.29, 1.82) is 0 Å². The van der Waals surface area contributed by atoms with Gasteiger partial charge in [-0.1, -0.05) is 11.6 Å². The molecule has 2 N–H and O–H groups in total. The lowest BCUT2D eigenvalue weighted by atomic mass is 10.1. The van der Waals surface area contributed by atoms with Gasteiger partial charge in [-0.2, -0.15) is 0 Å². The normalized spacial score (nSPS) is 28.9. The molecular weight excluding hydrogens is 330 g/mol. The summed E-state index contributed by atoms with van der Waals surface area (Å²) in [6.07, 6.45) is -0.954. The summed E-state index contributed by atoms with van der Waals surface area (Å²) < 4.78 is 5.72. The number of nitrogens with one attached hydrogen (secondary N) is 1. The minimum Gasteiger partial charge on any atom is -0.388 e. The van der Waals surface area contributed by atoms with Gasteiger partial charge in [0, 0.05) is 43.3 Å². The zero-order valence-corrected chi connectivity index (χ0v) is 14.6. The topological polar surface area (TPSA) is 65.0 Å². The predicted octanol–water partition coefficient (Wildman–Crippen LogP) is 0.445. The quantitative estimate of drug-likeness (QED) is 0.822. The van der Waals surface area contributed by atoms with Gasteiger partial charge < -0.3 is 20.1 Å². The number of amides is 1. The van der Waals surface area contributed by atoms with Crippen molar-refractivity contribution in [2.24, 2.45) is 0 Å². The van der Waals surface area contributed by atoms with E-state index in [0.717, 1.165) is 26.2 Å². The number of nitrogens with zero attached hydrogens (tertiary/aromatic N) is 2. The number of aliphatic hydroxyl groups excluding tert-OH is 1. The summed E-state index contributed by atoms with van der Waals surface area (Å²) >= 11 is 5.83. The maximum Gasteiger partial charge on any atom is 0.251 e. The van der Waals surface area contributed by atoms with Crippen molar-refractivity contribution in [3.8, 4) is 0 Å². The van der Waals surface area contributed by atoms with Crippen LogP contribution in [0.3, 0.4) is 0 Å². The molecule has 2 heterocycles. The Morgan fingerprint density at radius 3 is 2.62 bits per heavy atom. The Kier molecular flexibility index (Phi) is 5.73. The molecule has 0 bridgehead atoms. The highest BCUT2D eigenvalue weighted by molar-refractivity contribution is 6.30. The Morgan fingerprint density at radius 2 is 1.96 bits per heavy atom. The lowest BCUT2D eigenvalue weighted by molar-refractivity contribution is 0.00606. The average Bonchev–Trinajstić information content (AvgIpc) is 2.91. The number of ether oxygens (including phenoxy) is 1. The van der Waals surface area contributed by atoms with Gasteiger partial charge in [0.1, 0.15) is 6.10 Å². The Balaban J connectivity index is 1.51. The highest BCUT2D eigenvalue weighted by atomic mass is 35.5. The molecule has 7 heteroatoms. The maximum atomic E-state index is 12.3. The number of carbonyl (C=O) groups is 1. The molecule has 2 aliphatic rings. The number of benzene rings is 1. The van der Waals surface area contributed by atoms with Gasteiger partial charge in [0.15, 0.2) is 0 Å². The second-order valence-corrected chi connectivity index (χ2v) is 6.99. The first kappa shape index (κ1) is 17.6. The average molecular weight is 354 g/mol. The van der Waals surface area contributed by atoms with Crippen molar-refractivity contribution >= 4 is 17.5 Å². The van der Waals surface area contributed by atoms with Crippen molar-refractivity contribution in [2.75, 3.05) is 46.4 Å². The fourth-order valence-corrected chi connectivity index (χ4v) is 3.24. The number of piperazine rings is 1. The smallest absolute Gasteiger partial charge is 0.251 e. The highest BCUT2D eigenvalue weighted by Crippen LogP contribution is 2.17. The summed E-state index contributed by atoms with van der Waals surface area (Å²) in [5.74, 6) is -0.223. The molecule has 2 fully saturated rings. The van der Waals surface area contributed by atoms with Gasteiger partial charge >= 0.3 is 0 Å². The molecule has 0 saturated carbocycles. The van der Waals surface area contributed by atoms with E-state index in [0.29, 0.717) is 23.7 Å². The molecule has 2 aliphatic heterocycles. The molecule has 1 amide bonds. The second-order valence-electron chi connectivity index (χ2n) is 6.55. The van der Waals surface area contributed by atoms with Gasteiger partial charge in [0.25, 0.3) is 5.91 Å². The number of rotatable bonds is 4. The first-order chi connectivity index (χ1) is 11.5. The number of likely N-dealkylation sites (N-methyl/N-ethyl adjacent to an activating group) is 1. The van der Waals surface area contributed by atoms with Crippen molar-refractivity contribution < 1.29 is 14.6 Å². The van der Waals surface area contributed by atoms with E-state index in [1.807, 2.05) is 0 Å². The van der Waals surface area contributed by atoms with E-state index in [1.54, 1.807) is 24.3 Å². The fourth-order valence-electron chi connectivity index (χ4n) is 3.11. The van der Waals surface area contributed by atoms with Gasteiger partial charge in [0.05, 0.1) is 18.8 Å². The molecule has 24 heavy (non-hydrogen) atoms. The molecule has 3 rings (SSSR count). The summed E-state index contributed by atoms with van der Waals surface area (Å²) in [4.78, 5) is 16.8. The third-order valence-corrected chi connectivity index (χ3v) is 4.99. The zero-order valence-electron chi connectivity index (χ0n) is 13.8. The van der Waals surface area contributed by atoms with E-state index in [1.165, 1.54) is 0 Å². The lowest BCUT2D eigenvalue weighted by Crippen LogP contribution is -2.50. The standard InChI is InChI=1S/C17H24ClN3O3/c1-20-6-8-21(9-7-20)10-15-16(22)14(11-24-15)19-17(23)12-2-4-13(18)5-3-12/h2-5,14-16,22H,6-11H2,1H3,(H,19,23). The van der Waals surface area contributed by atoms with Crippen LogP contribution in [-0.2, 0) is 4.74 Å². The van der Waals surface area contributed by atoms with Crippen molar-refractivity contribution in [2.45, 2.75) is 18.2 Å². The van der Waals surface area contributed by atoms with Crippen LogP contribution in [0.25, 0.3) is 0 Å². The van der Waals surface area contributed by atoms with Gasteiger partial charge in [-0.15, -0.1) is 0 Å². The van der Waals surface area contributed by atoms with E-state index >= 15 is 0 Å². The molecule has 6 nitrogen and oxygen atoms in total. The molecule has 3 atom stereocenters. The van der Waals surface area contributed by atoms with Gasteiger partial charge in [-0.3, -0.25) is 9.69 Å². The third-order valence-electron chi connectivity index (χ3n) is 4.74. The van der Waals surface area contributed by atoms with E-state index in [4.69, 9.17) is 16.3 Å². The minimum atomic E-state index is -0.694. The monoisotopic (exact) mass is 353 g/mol. The van der Waals surface area contributed by atoms with Crippen LogP contribution in [0.4, 0.5) is 0 Å². The number of carbonyl (C=O) groups excluding carboxylic acids is 1. The van der Waals surface area contributed by atoms with Crippen molar-refractivity contribution in [1.82, 2.24) is 15.1 Å². The van der Waals surface area contributed by atoms with Crippen LogP contribution in [0.2, 0.25) is 5.02 Å². The predicted molar refractivity (Wildman–Crippen MR) is 92.4 cm³/mol. The largest absolute Gasteiger partial charge is 0.388 e. The molecule has 2 saturated heterocycles. The lowest BCUT2D eigenvalue weighted by Gasteiger charge is -2.34. The summed E-state index contributed by atoms with van der Waals surface area (Å²) in [5, 5.41) is 13.9. The minimum absolute atomic E-state index is 0.223. The van der Waals surface area contributed by atoms with Crippen molar-refractivity contribution in [3.05, 3.63) is 34.9 Å². The first-order valence-electron chi connectivity index (χ1n) is 8.30. The summed E-state index contributed by atoms with van der Waals surface area (Å²) in [7, 11) is 2.11. The summed E-state index contributed by atoms with van der Waals surface area (Å²) in [6, 6.07) is 6.30. The molecule has 0 aromatic heterocycles. The number of halogens is 1. The maximum absolute atomic E-state index is 12.3. The molecular formula is C17H24ClN3O3. The van der Waals surface area contributed by atoms with Gasteiger partial charge in [-0.25, -0.2) is 0 Å². The van der Waals surface area contributed by atoms with E-state index in [-0.39, 0.29) is 18.1 Å². The van der Waals surface area contributed by atoms with Crippen LogP contribution < -0.4 is 5.32 Å². The number of hydrogen-bond acceptors (Lipinski definition) is 5. The zero-order chi connectivity index (χ0) is 17.1. The molecule has 0 radical (unpaired) electrons. The Hall–Kier alpha value is -1.18. The molecule has 3 unspecified atom stereocenters. The molecule has 132 valence electrons. The van der Waals surface area contributed by atoms with Crippen molar-refractivity contribution in [3.63, 3.8) is 0 Å². The third kappa shape index (κ3) is 4.26. The SMILES string of the molecule is CN1CCN(CC2OCC(NC(=O)c3ccc(Cl)cc3)C2O)CC1. The van der Waals surface area contributed by atoms with Gasteiger partial charge in [0.2, 0.25) is 0 Å². The van der Waals surface area contributed by atoms with Crippen LogP contribution >= 0.6 is 11.6 Å². The highest BCUT2D eigenvalue weighted by Gasteiger charge is 2.38. The van der Waals surface area contributed by atoms with Crippen LogP contribution in [0.1, 0.15) is 10.4 Å². The molecule has 1 aromatic rings. The van der Waals surface area contributed by atoms with E-state index in [9.17, 15) is 9.90 Å². The van der Waals surface area contributed by atoms with E-state index in [2.05, 4.69) is 22.2 Å². The number of hydrogen-bond donors (Lipinski definition) is 2. The Bertz CT molecular complexity index is 561. The van der Waals surface area contributed by atoms with Gasteiger partial charge in [-0.05, 0) is 31.3 Å². The van der Waals surface area contributed by atoms with Crippen LogP contribution in [-0.4, -0.2) is 85.4 Å². The fraction of sp³-hybridized carbons (Fsp3) is 0.588. The van der Waals surface area contributed by atoms with Crippen LogP contribution in [0.5, 0.6) is 0 Å².